The van der Waals surface area contributed by atoms with Crippen molar-refractivity contribution in [3.63, 3.8) is 0 Å². The first-order chi connectivity index (χ1) is 10.7. The number of para-hydroxylation sites is 1. The highest BCUT2D eigenvalue weighted by Crippen LogP contribution is 2.29. The fraction of sp³-hybridized carbons (Fsp3) is 0.294. The van der Waals surface area contributed by atoms with E-state index in [0.717, 1.165) is 25.1 Å². The Hall–Kier alpha value is -2.07. The lowest BCUT2D eigenvalue weighted by Gasteiger charge is -2.35. The van der Waals surface area contributed by atoms with Gasteiger partial charge in [0, 0.05) is 18.4 Å². The Morgan fingerprint density at radius 2 is 2.14 bits per heavy atom. The van der Waals surface area contributed by atoms with Crippen molar-refractivity contribution in [1.29, 1.82) is 0 Å². The molecule has 1 N–H and O–H groups in total. The van der Waals surface area contributed by atoms with E-state index in [4.69, 9.17) is 11.6 Å². The molecule has 1 amide bonds. The maximum absolute atomic E-state index is 12.5. The van der Waals surface area contributed by atoms with Gasteiger partial charge in [-0.15, -0.1) is 0 Å². The smallest absolute Gasteiger partial charge is 0.246 e. The predicted octanol–water partition coefficient (Wildman–Crippen LogP) is 3.51. The molecule has 2 aromatic rings. The van der Waals surface area contributed by atoms with Crippen LogP contribution in [-0.4, -0.2) is 23.5 Å². The SMILES string of the molecule is C[C@@H](C(=O)Nc1cccnc1Cl)N1CCCc2ccccc21. The van der Waals surface area contributed by atoms with E-state index in [2.05, 4.69) is 27.3 Å². The van der Waals surface area contributed by atoms with Crippen molar-refractivity contribution in [2.45, 2.75) is 25.8 Å². The molecule has 0 radical (unpaired) electrons. The number of carbonyl (C=O) groups is 1. The van der Waals surface area contributed by atoms with E-state index in [1.807, 2.05) is 19.1 Å². The average molecular weight is 316 g/mol. The lowest BCUT2D eigenvalue weighted by Crippen LogP contribution is -2.44. The number of rotatable bonds is 3. The molecule has 0 unspecified atom stereocenters. The molecule has 0 saturated carbocycles. The van der Waals surface area contributed by atoms with Gasteiger partial charge in [0.25, 0.3) is 0 Å². The second-order valence-electron chi connectivity index (χ2n) is 5.43. The summed E-state index contributed by atoms with van der Waals surface area (Å²) >= 11 is 6.00. The molecule has 0 bridgehead atoms. The van der Waals surface area contributed by atoms with Crippen molar-refractivity contribution in [1.82, 2.24) is 4.98 Å². The molecule has 1 aromatic heterocycles. The molecule has 1 aliphatic heterocycles. The first-order valence-electron chi connectivity index (χ1n) is 7.43. The Labute approximate surface area is 135 Å². The monoisotopic (exact) mass is 315 g/mol. The minimum atomic E-state index is -0.266. The Bertz CT molecular complexity index is 689. The molecular formula is C17H18ClN3O. The van der Waals surface area contributed by atoms with Gasteiger partial charge >= 0.3 is 0 Å². The van der Waals surface area contributed by atoms with Gasteiger partial charge in [-0.1, -0.05) is 29.8 Å². The number of hydrogen-bond acceptors (Lipinski definition) is 3. The van der Waals surface area contributed by atoms with Crippen molar-refractivity contribution < 1.29 is 4.79 Å². The molecule has 0 fully saturated rings. The van der Waals surface area contributed by atoms with Crippen LogP contribution in [0.3, 0.4) is 0 Å². The Balaban J connectivity index is 1.78. The molecule has 22 heavy (non-hydrogen) atoms. The average Bonchev–Trinajstić information content (AvgIpc) is 2.55. The minimum absolute atomic E-state index is 0.0772. The fourth-order valence-corrected chi connectivity index (χ4v) is 2.99. The van der Waals surface area contributed by atoms with E-state index in [1.165, 1.54) is 5.56 Å². The largest absolute Gasteiger partial charge is 0.360 e. The third kappa shape index (κ3) is 2.92. The van der Waals surface area contributed by atoms with E-state index in [-0.39, 0.29) is 11.9 Å². The Morgan fingerprint density at radius 1 is 1.32 bits per heavy atom. The third-order valence-electron chi connectivity index (χ3n) is 4.01. The maximum Gasteiger partial charge on any atom is 0.246 e. The molecule has 4 nitrogen and oxygen atoms in total. The van der Waals surface area contributed by atoms with Gasteiger partial charge in [-0.2, -0.15) is 0 Å². The van der Waals surface area contributed by atoms with E-state index >= 15 is 0 Å². The molecule has 2 heterocycles. The van der Waals surface area contributed by atoms with Gasteiger partial charge in [-0.3, -0.25) is 4.79 Å². The number of carbonyl (C=O) groups excluding carboxylic acids is 1. The minimum Gasteiger partial charge on any atom is -0.360 e. The molecule has 1 atom stereocenters. The highest BCUT2D eigenvalue weighted by Gasteiger charge is 2.26. The van der Waals surface area contributed by atoms with Crippen molar-refractivity contribution in [3.05, 3.63) is 53.3 Å². The van der Waals surface area contributed by atoms with Gasteiger partial charge in [-0.05, 0) is 43.5 Å². The fourth-order valence-electron chi connectivity index (χ4n) is 2.82. The summed E-state index contributed by atoms with van der Waals surface area (Å²) in [6.07, 6.45) is 3.72. The van der Waals surface area contributed by atoms with Crippen LogP contribution in [0.5, 0.6) is 0 Å². The molecule has 0 aliphatic carbocycles. The lowest BCUT2D eigenvalue weighted by atomic mass is 10.00. The van der Waals surface area contributed by atoms with Gasteiger partial charge in [-0.25, -0.2) is 4.98 Å². The number of fused-ring (bicyclic) bond motifs is 1. The molecule has 0 spiro atoms. The van der Waals surface area contributed by atoms with Crippen molar-refractivity contribution in [2.24, 2.45) is 0 Å². The summed E-state index contributed by atoms with van der Waals surface area (Å²) in [5.74, 6) is -0.0772. The van der Waals surface area contributed by atoms with Crippen LogP contribution in [0.1, 0.15) is 18.9 Å². The first kappa shape index (κ1) is 14.9. The van der Waals surface area contributed by atoms with Crippen LogP contribution in [0.15, 0.2) is 42.6 Å². The van der Waals surface area contributed by atoms with Crippen LogP contribution in [-0.2, 0) is 11.2 Å². The number of benzene rings is 1. The zero-order valence-electron chi connectivity index (χ0n) is 12.4. The van der Waals surface area contributed by atoms with Crippen molar-refractivity contribution in [2.75, 3.05) is 16.8 Å². The van der Waals surface area contributed by atoms with Gasteiger partial charge < -0.3 is 10.2 Å². The number of pyridine rings is 1. The zero-order chi connectivity index (χ0) is 15.5. The summed E-state index contributed by atoms with van der Waals surface area (Å²) < 4.78 is 0. The predicted molar refractivity (Wildman–Crippen MR) is 89.4 cm³/mol. The number of nitrogens with zero attached hydrogens (tertiary/aromatic N) is 2. The second-order valence-corrected chi connectivity index (χ2v) is 5.79. The van der Waals surface area contributed by atoms with Crippen LogP contribution in [0.4, 0.5) is 11.4 Å². The highest BCUT2D eigenvalue weighted by atomic mass is 35.5. The standard InChI is InChI=1S/C17H18ClN3O/c1-12(17(22)20-14-8-4-10-19-16(14)18)21-11-5-7-13-6-2-3-9-15(13)21/h2-4,6,8-10,12H,5,7,11H2,1H3,(H,20,22)/t12-/m0/s1. The summed E-state index contributed by atoms with van der Waals surface area (Å²) in [7, 11) is 0. The molecule has 114 valence electrons. The summed E-state index contributed by atoms with van der Waals surface area (Å²) in [5.41, 5.74) is 2.99. The van der Waals surface area contributed by atoms with Crippen LogP contribution in [0, 0.1) is 0 Å². The van der Waals surface area contributed by atoms with E-state index in [0.29, 0.717) is 10.8 Å². The topological polar surface area (TPSA) is 45.2 Å². The lowest BCUT2D eigenvalue weighted by molar-refractivity contribution is -0.117. The molecule has 1 aromatic carbocycles. The summed E-state index contributed by atoms with van der Waals surface area (Å²) in [4.78, 5) is 18.7. The van der Waals surface area contributed by atoms with E-state index in [9.17, 15) is 4.79 Å². The number of aromatic nitrogens is 1. The number of amides is 1. The van der Waals surface area contributed by atoms with Crippen LogP contribution in [0.2, 0.25) is 5.15 Å². The molecule has 1 aliphatic rings. The molecule has 5 heteroatoms. The molecule has 3 rings (SSSR count). The van der Waals surface area contributed by atoms with Gasteiger partial charge in [0.1, 0.15) is 6.04 Å². The molecule has 0 saturated heterocycles. The quantitative estimate of drug-likeness (QED) is 0.882. The van der Waals surface area contributed by atoms with Crippen molar-refractivity contribution >= 4 is 28.9 Å². The second kappa shape index (κ2) is 6.36. The first-order valence-corrected chi connectivity index (χ1v) is 7.80. The normalized spacial score (nSPS) is 15.1. The van der Waals surface area contributed by atoms with Crippen LogP contribution in [0.25, 0.3) is 0 Å². The molecular weight excluding hydrogens is 298 g/mol. The summed E-state index contributed by atoms with van der Waals surface area (Å²) in [6.45, 7) is 2.80. The zero-order valence-corrected chi connectivity index (χ0v) is 13.2. The summed E-state index contributed by atoms with van der Waals surface area (Å²) in [5, 5.41) is 3.17. The Kier molecular flexibility index (Phi) is 4.29. The summed E-state index contributed by atoms with van der Waals surface area (Å²) in [6, 6.07) is 11.5. The third-order valence-corrected chi connectivity index (χ3v) is 4.31. The Morgan fingerprint density at radius 3 is 2.95 bits per heavy atom. The van der Waals surface area contributed by atoms with Gasteiger partial charge in [0.15, 0.2) is 5.15 Å². The number of hydrogen-bond donors (Lipinski definition) is 1. The number of anilines is 2. The van der Waals surface area contributed by atoms with E-state index in [1.54, 1.807) is 18.3 Å². The number of aryl methyl sites for hydroxylation is 1. The van der Waals surface area contributed by atoms with Gasteiger partial charge in [0.2, 0.25) is 5.91 Å². The highest BCUT2D eigenvalue weighted by molar-refractivity contribution is 6.32. The number of halogens is 1. The maximum atomic E-state index is 12.5. The van der Waals surface area contributed by atoms with Crippen LogP contribution >= 0.6 is 11.6 Å². The van der Waals surface area contributed by atoms with E-state index < -0.39 is 0 Å². The van der Waals surface area contributed by atoms with Gasteiger partial charge in [0.05, 0.1) is 5.69 Å². The van der Waals surface area contributed by atoms with Crippen LogP contribution < -0.4 is 10.2 Å². The number of nitrogens with one attached hydrogen (secondary N) is 1. The van der Waals surface area contributed by atoms with Crippen molar-refractivity contribution in [3.8, 4) is 0 Å².